The lowest BCUT2D eigenvalue weighted by Gasteiger charge is -2.43. The molecule has 16 nitrogen and oxygen atoms in total. The lowest BCUT2D eigenvalue weighted by atomic mass is 9.89. The van der Waals surface area contributed by atoms with Crippen LogP contribution in [0.2, 0.25) is 36.3 Å². The number of ether oxygens (including phenoxy) is 3. The van der Waals surface area contributed by atoms with Gasteiger partial charge < -0.3 is 34.1 Å². The molecule has 324 valence electrons. The first-order valence-electron chi connectivity index (χ1n) is 19.4. The normalized spacial score (nSPS) is 22.9. The summed E-state index contributed by atoms with van der Waals surface area (Å²) in [7, 11) is -9.62. The van der Waals surface area contributed by atoms with E-state index in [1.807, 2.05) is 65.2 Å². The maximum Gasteiger partial charge on any atom is 0.408 e. The Labute approximate surface area is 343 Å². The number of hydrogen-bond donors (Lipinski definition) is 2. The molecule has 19 heteroatoms. The second-order valence-electron chi connectivity index (χ2n) is 18.4. The smallest absolute Gasteiger partial charge is 0.408 e. The average molecular weight is 867 g/mol. The number of nitrogens with zero attached hydrogens (tertiary/aromatic N) is 2. The van der Waals surface area contributed by atoms with Crippen molar-refractivity contribution >= 4 is 38.8 Å². The van der Waals surface area contributed by atoms with E-state index in [4.69, 9.17) is 33.0 Å². The summed E-state index contributed by atoms with van der Waals surface area (Å²) in [5.74, 6) is -1.18. The zero-order valence-electron chi connectivity index (χ0n) is 36.0. The number of hydrogen-bond acceptors (Lipinski definition) is 13. The minimum Gasteiger partial charge on any atom is -0.462 e. The highest BCUT2D eigenvalue weighted by molar-refractivity contribution is 7.90. The standard InChI is InChI=1S/C39H62N4O12SSi2/c1-25(2)30(41-35(46)51-22-27-17-15-14-16-18-27)34(45)50-20-19-42-32(44)26(3)21-43(36(42)47)33-31(54-58(12,13)38(7,8)9)39(28(40)24-56(48,49)55-39)29(53-33)23-52-57(10,11)37(4,5)6/h14-18,21,24-25,29-31,33H,19-20,22-23,40H2,1-13H3,(H,41,46)/t29?,30-,31?,33?,39?/m0/s1. The molecule has 3 heterocycles. The monoisotopic (exact) mass is 866 g/mol. The van der Waals surface area contributed by atoms with E-state index in [1.54, 1.807) is 26.0 Å². The van der Waals surface area contributed by atoms with Crippen molar-refractivity contribution in [2.24, 2.45) is 11.7 Å². The summed E-state index contributed by atoms with van der Waals surface area (Å²) in [5.41, 5.74) is 3.94. The molecule has 1 saturated heterocycles. The highest BCUT2D eigenvalue weighted by atomic mass is 32.2. The van der Waals surface area contributed by atoms with Crippen LogP contribution in [-0.2, 0) is 55.3 Å². The molecule has 4 rings (SSSR count). The fourth-order valence-corrected chi connectivity index (χ4v) is 9.58. The molecule has 3 N–H and O–H groups in total. The number of benzene rings is 1. The summed E-state index contributed by atoms with van der Waals surface area (Å²) >= 11 is 0. The Morgan fingerprint density at radius 1 is 0.983 bits per heavy atom. The minimum absolute atomic E-state index is 0.00206. The van der Waals surface area contributed by atoms with Crippen LogP contribution in [0.1, 0.15) is 72.7 Å². The Morgan fingerprint density at radius 2 is 1.59 bits per heavy atom. The number of esters is 1. The van der Waals surface area contributed by atoms with Gasteiger partial charge in [-0.15, -0.1) is 0 Å². The van der Waals surface area contributed by atoms with Crippen molar-refractivity contribution in [3.63, 3.8) is 0 Å². The van der Waals surface area contributed by atoms with Crippen molar-refractivity contribution in [1.29, 1.82) is 0 Å². The van der Waals surface area contributed by atoms with Crippen molar-refractivity contribution in [2.75, 3.05) is 13.2 Å². The molecule has 5 atom stereocenters. The number of nitrogens with one attached hydrogen (secondary N) is 1. The van der Waals surface area contributed by atoms with E-state index in [9.17, 15) is 27.6 Å². The second-order valence-corrected chi connectivity index (χ2v) is 29.3. The third kappa shape index (κ3) is 10.0. The van der Waals surface area contributed by atoms with E-state index in [-0.39, 0.29) is 36.1 Å². The van der Waals surface area contributed by atoms with Gasteiger partial charge in [0.2, 0.25) is 0 Å². The van der Waals surface area contributed by atoms with Crippen LogP contribution >= 0.6 is 0 Å². The number of nitrogens with two attached hydrogens (primary N) is 1. The quantitative estimate of drug-likeness (QED) is 0.146. The van der Waals surface area contributed by atoms with Gasteiger partial charge in [-0.1, -0.05) is 85.7 Å². The van der Waals surface area contributed by atoms with Crippen LogP contribution in [0.3, 0.4) is 0 Å². The van der Waals surface area contributed by atoms with Crippen LogP contribution in [0.4, 0.5) is 4.79 Å². The van der Waals surface area contributed by atoms with Gasteiger partial charge in [0.15, 0.2) is 28.5 Å². The SMILES string of the molecule is Cc1cn(C2OC(CO[Si](C)(C)C(C)(C)C)C3(OS(=O)(=O)C=C3N)C2O[Si](C)(C)C(C)(C)C)c(=O)n(CCOC(=O)[C@@H](NC(=O)OCc2ccccc2)C(C)C)c1=O. The summed E-state index contributed by atoms with van der Waals surface area (Å²) < 4.78 is 65.3. The largest absolute Gasteiger partial charge is 0.462 e. The first-order chi connectivity index (χ1) is 26.5. The first-order valence-corrected chi connectivity index (χ1v) is 26.7. The molecule has 1 amide bonds. The predicted octanol–water partition coefficient (Wildman–Crippen LogP) is 5.02. The summed E-state index contributed by atoms with van der Waals surface area (Å²) in [6, 6.07) is 7.96. The average Bonchev–Trinajstić information content (AvgIpc) is 3.53. The van der Waals surface area contributed by atoms with Crippen molar-refractivity contribution in [1.82, 2.24) is 14.5 Å². The molecule has 1 fully saturated rings. The van der Waals surface area contributed by atoms with Crippen LogP contribution < -0.4 is 22.3 Å². The lowest BCUT2D eigenvalue weighted by Crippen LogP contribution is -2.59. The van der Waals surface area contributed by atoms with Gasteiger partial charge in [-0.05, 0) is 54.7 Å². The van der Waals surface area contributed by atoms with Gasteiger partial charge >= 0.3 is 17.8 Å². The molecule has 4 unspecified atom stereocenters. The van der Waals surface area contributed by atoms with Crippen molar-refractivity contribution in [3.05, 3.63) is 79.6 Å². The Kier molecular flexibility index (Phi) is 13.9. The molecular weight excluding hydrogens is 805 g/mol. The fraction of sp³-hybridized carbons (Fsp3) is 0.641. The number of carbonyl (C=O) groups is 2. The fourth-order valence-electron chi connectivity index (χ4n) is 6.07. The zero-order chi connectivity index (χ0) is 43.8. The van der Waals surface area contributed by atoms with E-state index in [0.717, 1.165) is 15.5 Å². The van der Waals surface area contributed by atoms with Gasteiger partial charge in [0.05, 0.1) is 24.3 Å². The molecule has 0 saturated carbocycles. The van der Waals surface area contributed by atoms with E-state index in [0.29, 0.717) is 0 Å². The maximum atomic E-state index is 14.4. The van der Waals surface area contributed by atoms with Gasteiger partial charge in [0, 0.05) is 11.8 Å². The van der Waals surface area contributed by atoms with E-state index < -0.39 is 97.7 Å². The molecule has 2 aliphatic rings. The molecule has 1 spiro atoms. The van der Waals surface area contributed by atoms with Crippen molar-refractivity contribution in [3.8, 4) is 0 Å². The molecule has 0 bridgehead atoms. The number of rotatable bonds is 14. The first kappa shape index (κ1) is 47.1. The molecule has 58 heavy (non-hydrogen) atoms. The summed E-state index contributed by atoms with van der Waals surface area (Å²) in [4.78, 5) is 53.8. The third-order valence-electron chi connectivity index (χ3n) is 11.7. The molecular formula is C39H62N4O12SSi2. The van der Waals surface area contributed by atoms with Gasteiger partial charge in [0.1, 0.15) is 31.5 Å². The topological polar surface area (TPSA) is 206 Å². The highest BCUT2D eigenvalue weighted by Gasteiger charge is 2.67. The maximum absolute atomic E-state index is 14.4. The lowest BCUT2D eigenvalue weighted by molar-refractivity contribution is -0.147. The Hall–Kier alpha value is -3.60. The molecule has 0 radical (unpaired) electrons. The van der Waals surface area contributed by atoms with E-state index in [1.165, 1.54) is 17.7 Å². The number of aromatic nitrogens is 2. The van der Waals surface area contributed by atoms with E-state index >= 15 is 0 Å². The summed E-state index contributed by atoms with van der Waals surface area (Å²) in [6.07, 6.45) is -3.30. The van der Waals surface area contributed by atoms with Crippen molar-refractivity contribution in [2.45, 2.75) is 142 Å². The number of carbonyl (C=O) groups excluding carboxylic acids is 2. The second kappa shape index (κ2) is 17.2. The van der Waals surface area contributed by atoms with Gasteiger partial charge in [-0.3, -0.25) is 13.9 Å². The molecule has 2 aromatic rings. The van der Waals surface area contributed by atoms with Gasteiger partial charge in [-0.25, -0.2) is 18.6 Å². The number of aryl methyl sites for hydroxylation is 1. The third-order valence-corrected chi connectivity index (χ3v) is 21.7. The van der Waals surface area contributed by atoms with Crippen molar-refractivity contribution < 1.29 is 45.3 Å². The molecule has 1 aromatic carbocycles. The molecule has 0 aliphatic carbocycles. The van der Waals surface area contributed by atoms with Crippen LogP contribution in [0.5, 0.6) is 0 Å². The molecule has 1 aromatic heterocycles. The Balaban J connectivity index is 1.69. The Morgan fingerprint density at radius 3 is 2.12 bits per heavy atom. The van der Waals surface area contributed by atoms with Gasteiger partial charge in [0.25, 0.3) is 15.7 Å². The number of amides is 1. The van der Waals surface area contributed by atoms with Crippen LogP contribution in [-0.4, -0.2) is 83.3 Å². The Bertz CT molecular complexity index is 2090. The van der Waals surface area contributed by atoms with Crippen LogP contribution in [0.15, 0.2) is 57.2 Å². The number of alkyl carbamates (subject to hydrolysis) is 1. The van der Waals surface area contributed by atoms with Crippen LogP contribution in [0, 0.1) is 12.8 Å². The summed E-state index contributed by atoms with van der Waals surface area (Å²) in [5, 5.41) is 2.76. The minimum atomic E-state index is -4.32. The predicted molar refractivity (Wildman–Crippen MR) is 223 cm³/mol. The van der Waals surface area contributed by atoms with E-state index in [2.05, 4.69) is 26.1 Å². The zero-order valence-corrected chi connectivity index (χ0v) is 38.9. The summed E-state index contributed by atoms with van der Waals surface area (Å²) in [6.45, 7) is 24.2. The van der Waals surface area contributed by atoms with Crippen LogP contribution in [0.25, 0.3) is 0 Å². The van der Waals surface area contributed by atoms with Gasteiger partial charge in [-0.2, -0.15) is 8.42 Å². The molecule has 2 aliphatic heterocycles. The highest BCUT2D eigenvalue weighted by Crippen LogP contribution is 2.52.